The van der Waals surface area contributed by atoms with Crippen LogP contribution in [0.15, 0.2) is 0 Å². The second kappa shape index (κ2) is 5.62. The number of carbonyl (C=O) groups excluding carboxylic acids is 2. The molecule has 0 aromatic heterocycles. The molecular weight excluding hydrogens is 201 g/mol. The predicted molar refractivity (Wildman–Crippen MR) is 41.5 cm³/mol. The Bertz CT molecular complexity index is 210. The Balaban J connectivity index is 3.70. The van der Waals surface area contributed by atoms with E-state index >= 15 is 0 Å². The maximum Gasteiger partial charge on any atom is 0.395 e. The first-order valence-corrected chi connectivity index (χ1v) is 4.09. The summed E-state index contributed by atoms with van der Waals surface area (Å²) >= 11 is 0. The van der Waals surface area contributed by atoms with Crippen molar-refractivity contribution in [1.82, 2.24) is 0 Å². The molecule has 0 aliphatic heterocycles. The van der Waals surface area contributed by atoms with Crippen LogP contribution in [0.4, 0.5) is 13.2 Å². The van der Waals surface area contributed by atoms with Crippen molar-refractivity contribution in [2.75, 3.05) is 6.61 Å². The first-order valence-electron chi connectivity index (χ1n) is 4.09. The molecule has 0 rings (SSSR count). The fourth-order valence-corrected chi connectivity index (χ4v) is 0.787. The Hall–Kier alpha value is -1.07. The minimum atomic E-state index is -4.49. The van der Waals surface area contributed by atoms with Gasteiger partial charge in [0, 0.05) is 6.42 Å². The number of ketones is 1. The van der Waals surface area contributed by atoms with E-state index in [1.807, 2.05) is 0 Å². The van der Waals surface area contributed by atoms with E-state index in [4.69, 9.17) is 0 Å². The average molecular weight is 212 g/mol. The third kappa shape index (κ3) is 7.57. The van der Waals surface area contributed by atoms with Gasteiger partial charge in [-0.2, -0.15) is 13.2 Å². The Kier molecular flexibility index (Phi) is 5.19. The van der Waals surface area contributed by atoms with Gasteiger partial charge in [0.25, 0.3) is 0 Å². The SMILES string of the molecule is CCOC(=O)CCC(=O)CC(F)(F)F. The normalized spacial score (nSPS) is 11.1. The first kappa shape index (κ1) is 12.9. The molecule has 0 saturated carbocycles. The zero-order chi connectivity index (χ0) is 11.2. The second-order valence-electron chi connectivity index (χ2n) is 2.64. The second-order valence-corrected chi connectivity index (χ2v) is 2.64. The molecule has 0 heterocycles. The minimum Gasteiger partial charge on any atom is -0.466 e. The highest BCUT2D eigenvalue weighted by Crippen LogP contribution is 2.20. The Labute approximate surface area is 79.2 Å². The van der Waals surface area contributed by atoms with Crippen LogP contribution in [0, 0.1) is 0 Å². The highest BCUT2D eigenvalue weighted by Gasteiger charge is 2.30. The van der Waals surface area contributed by atoms with Crippen LogP contribution in [0.3, 0.4) is 0 Å². The van der Waals surface area contributed by atoms with Crippen molar-refractivity contribution in [3.8, 4) is 0 Å². The van der Waals surface area contributed by atoms with Crippen molar-refractivity contribution in [2.45, 2.75) is 32.4 Å². The van der Waals surface area contributed by atoms with E-state index in [-0.39, 0.29) is 13.0 Å². The summed E-state index contributed by atoms with van der Waals surface area (Å²) < 4.78 is 39.4. The van der Waals surface area contributed by atoms with Gasteiger partial charge in [-0.3, -0.25) is 9.59 Å². The molecule has 0 aliphatic rings. The maximum absolute atomic E-state index is 11.6. The Morgan fingerprint density at radius 2 is 1.79 bits per heavy atom. The Morgan fingerprint density at radius 3 is 2.21 bits per heavy atom. The van der Waals surface area contributed by atoms with Crippen LogP contribution in [-0.2, 0) is 14.3 Å². The van der Waals surface area contributed by atoms with E-state index in [0.29, 0.717) is 0 Å². The molecule has 0 unspecified atom stereocenters. The molecule has 0 atom stereocenters. The van der Waals surface area contributed by atoms with E-state index in [1.54, 1.807) is 6.92 Å². The Morgan fingerprint density at radius 1 is 1.21 bits per heavy atom. The van der Waals surface area contributed by atoms with Gasteiger partial charge in [0.2, 0.25) is 0 Å². The third-order valence-electron chi connectivity index (χ3n) is 1.31. The highest BCUT2D eigenvalue weighted by molar-refractivity contribution is 5.83. The van der Waals surface area contributed by atoms with E-state index < -0.39 is 30.8 Å². The van der Waals surface area contributed by atoms with Gasteiger partial charge in [0.1, 0.15) is 12.2 Å². The van der Waals surface area contributed by atoms with Gasteiger partial charge in [-0.15, -0.1) is 0 Å². The van der Waals surface area contributed by atoms with E-state index in [2.05, 4.69) is 4.74 Å². The molecule has 0 bridgehead atoms. The molecular formula is C8H11F3O3. The summed E-state index contributed by atoms with van der Waals surface area (Å²) in [6.45, 7) is 1.74. The number of hydrogen-bond donors (Lipinski definition) is 0. The number of esters is 1. The number of carbonyl (C=O) groups is 2. The number of hydrogen-bond acceptors (Lipinski definition) is 3. The molecule has 82 valence electrons. The van der Waals surface area contributed by atoms with Crippen molar-refractivity contribution in [3.63, 3.8) is 0 Å². The lowest BCUT2D eigenvalue weighted by atomic mass is 10.1. The summed E-state index contributed by atoms with van der Waals surface area (Å²) in [4.78, 5) is 21.3. The number of ether oxygens (including phenoxy) is 1. The zero-order valence-electron chi connectivity index (χ0n) is 7.69. The fraction of sp³-hybridized carbons (Fsp3) is 0.750. The number of rotatable bonds is 5. The molecule has 3 nitrogen and oxygen atoms in total. The fourth-order valence-electron chi connectivity index (χ4n) is 0.787. The zero-order valence-corrected chi connectivity index (χ0v) is 7.69. The summed E-state index contributed by atoms with van der Waals surface area (Å²) in [5.74, 6) is -1.64. The molecule has 0 radical (unpaired) electrons. The van der Waals surface area contributed by atoms with Crippen molar-refractivity contribution in [1.29, 1.82) is 0 Å². The number of Topliss-reactive ketones (excluding diaryl/α,β-unsaturated/α-hetero) is 1. The molecule has 0 aromatic rings. The third-order valence-corrected chi connectivity index (χ3v) is 1.31. The first-order chi connectivity index (χ1) is 6.35. The van der Waals surface area contributed by atoms with E-state index in [0.717, 1.165) is 0 Å². The van der Waals surface area contributed by atoms with Crippen molar-refractivity contribution >= 4 is 11.8 Å². The topological polar surface area (TPSA) is 43.4 Å². The lowest BCUT2D eigenvalue weighted by Crippen LogP contribution is -2.16. The molecule has 0 saturated heterocycles. The van der Waals surface area contributed by atoms with Crippen LogP contribution in [0.2, 0.25) is 0 Å². The summed E-state index contributed by atoms with van der Waals surface area (Å²) in [5.41, 5.74) is 0. The monoisotopic (exact) mass is 212 g/mol. The molecule has 0 N–H and O–H groups in total. The predicted octanol–water partition coefficient (Wildman–Crippen LogP) is 1.85. The maximum atomic E-state index is 11.6. The van der Waals surface area contributed by atoms with Gasteiger partial charge >= 0.3 is 12.1 Å². The summed E-state index contributed by atoms with van der Waals surface area (Å²) in [5, 5.41) is 0. The van der Waals surface area contributed by atoms with Gasteiger partial charge in [0.15, 0.2) is 0 Å². The number of halogens is 3. The molecule has 14 heavy (non-hydrogen) atoms. The van der Waals surface area contributed by atoms with Gasteiger partial charge in [-0.25, -0.2) is 0 Å². The largest absolute Gasteiger partial charge is 0.466 e. The van der Waals surface area contributed by atoms with Crippen LogP contribution in [-0.4, -0.2) is 24.5 Å². The smallest absolute Gasteiger partial charge is 0.395 e. The molecule has 0 aliphatic carbocycles. The van der Waals surface area contributed by atoms with Crippen molar-refractivity contribution in [3.05, 3.63) is 0 Å². The minimum absolute atomic E-state index is 0.159. The quantitative estimate of drug-likeness (QED) is 0.653. The van der Waals surface area contributed by atoms with Gasteiger partial charge in [-0.1, -0.05) is 0 Å². The van der Waals surface area contributed by atoms with Crippen LogP contribution in [0.1, 0.15) is 26.2 Å². The van der Waals surface area contributed by atoms with E-state index in [1.165, 1.54) is 0 Å². The number of alkyl halides is 3. The molecule has 0 spiro atoms. The van der Waals surface area contributed by atoms with Gasteiger partial charge in [0.05, 0.1) is 13.0 Å². The van der Waals surface area contributed by atoms with Crippen molar-refractivity contribution in [2.24, 2.45) is 0 Å². The van der Waals surface area contributed by atoms with Crippen LogP contribution in [0.25, 0.3) is 0 Å². The average Bonchev–Trinajstić information content (AvgIpc) is 1.98. The molecule has 0 amide bonds. The van der Waals surface area contributed by atoms with Crippen LogP contribution in [0.5, 0.6) is 0 Å². The molecule has 6 heteroatoms. The molecule has 0 fully saturated rings. The lowest BCUT2D eigenvalue weighted by Gasteiger charge is -2.04. The molecule has 0 aromatic carbocycles. The summed E-state index contributed by atoms with van der Waals surface area (Å²) in [6.07, 6.45) is -6.68. The van der Waals surface area contributed by atoms with E-state index in [9.17, 15) is 22.8 Å². The van der Waals surface area contributed by atoms with Gasteiger partial charge in [-0.05, 0) is 6.92 Å². The standard InChI is InChI=1S/C8H11F3O3/c1-2-14-7(13)4-3-6(12)5-8(9,10)11/h2-5H2,1H3. The van der Waals surface area contributed by atoms with Crippen molar-refractivity contribution < 1.29 is 27.5 Å². The van der Waals surface area contributed by atoms with Crippen LogP contribution < -0.4 is 0 Å². The highest BCUT2D eigenvalue weighted by atomic mass is 19.4. The summed E-state index contributed by atoms with van der Waals surface area (Å²) in [7, 11) is 0. The van der Waals surface area contributed by atoms with Crippen LogP contribution >= 0.6 is 0 Å². The lowest BCUT2D eigenvalue weighted by molar-refractivity contribution is -0.154. The van der Waals surface area contributed by atoms with Gasteiger partial charge < -0.3 is 4.74 Å². The summed E-state index contributed by atoms with van der Waals surface area (Å²) in [6, 6.07) is 0.